The Bertz CT molecular complexity index is 809. The van der Waals surface area contributed by atoms with Crippen molar-refractivity contribution < 1.29 is 19.1 Å². The molecule has 3 aliphatic heterocycles. The van der Waals surface area contributed by atoms with Gasteiger partial charge in [0.1, 0.15) is 17.9 Å². The van der Waals surface area contributed by atoms with Gasteiger partial charge in [-0.25, -0.2) is 0 Å². The fraction of sp³-hybridized carbons (Fsp3) is 0.571. The highest BCUT2D eigenvalue weighted by atomic mass is 16.5. The average Bonchev–Trinajstić information content (AvgIpc) is 2.97. The lowest BCUT2D eigenvalue weighted by atomic mass is 9.98. The van der Waals surface area contributed by atoms with E-state index >= 15 is 0 Å². The molecule has 1 unspecified atom stereocenters. The molecule has 1 aromatic carbocycles. The Morgan fingerprint density at radius 3 is 2.79 bits per heavy atom. The lowest BCUT2D eigenvalue weighted by Gasteiger charge is -2.35. The Morgan fingerprint density at radius 2 is 2.04 bits per heavy atom. The van der Waals surface area contributed by atoms with Gasteiger partial charge >= 0.3 is 0 Å². The number of imide groups is 1. The van der Waals surface area contributed by atoms with Crippen LogP contribution in [0.15, 0.2) is 18.2 Å². The molecule has 3 aliphatic rings. The summed E-state index contributed by atoms with van der Waals surface area (Å²) in [7, 11) is 0. The second-order valence-corrected chi connectivity index (χ2v) is 8.15. The summed E-state index contributed by atoms with van der Waals surface area (Å²) in [5.74, 6) is 0.553. The van der Waals surface area contributed by atoms with Crippen molar-refractivity contribution in [2.24, 2.45) is 5.92 Å². The minimum atomic E-state index is -0.584. The van der Waals surface area contributed by atoms with E-state index in [2.05, 4.69) is 24.1 Å². The number of fused-ring (bicyclic) bond motifs is 1. The molecule has 0 radical (unpaired) electrons. The predicted molar refractivity (Wildman–Crippen MR) is 103 cm³/mol. The van der Waals surface area contributed by atoms with Crippen molar-refractivity contribution in [2.45, 2.75) is 51.8 Å². The fourth-order valence-corrected chi connectivity index (χ4v) is 4.56. The molecule has 28 heavy (non-hydrogen) atoms. The smallest absolute Gasteiger partial charge is 0.255 e. The number of likely N-dealkylation sites (tertiary alicyclic amines) is 1. The number of benzene rings is 1. The first-order valence-electron chi connectivity index (χ1n) is 10.1. The Morgan fingerprint density at radius 1 is 1.21 bits per heavy atom. The predicted octanol–water partition coefficient (Wildman–Crippen LogP) is 1.56. The standard InChI is InChI=1S/C21H27N3O4/c1-3-23-10-13(2)8-16(12-23)28-15-4-5-17-14(9-15)11-24(21(17)27)18-6-7-19(25)22-20(18)26/h4-5,9,13,16,18H,3,6-8,10-12H2,1-2H3,(H,22,25,26)/t13-,16-,18?/m0/s1. The zero-order valence-electron chi connectivity index (χ0n) is 16.4. The first kappa shape index (κ1) is 18.9. The molecule has 7 heteroatoms. The average molecular weight is 385 g/mol. The number of piperidine rings is 2. The van der Waals surface area contributed by atoms with E-state index in [1.807, 2.05) is 12.1 Å². The minimum absolute atomic E-state index is 0.144. The summed E-state index contributed by atoms with van der Waals surface area (Å²) < 4.78 is 6.24. The molecule has 0 bridgehead atoms. The SMILES string of the molecule is CCN1C[C@@H](C)C[C@H](Oc2ccc3c(c2)CN(C2CCC(=O)NC2=O)C3=O)C1. The van der Waals surface area contributed by atoms with Gasteiger partial charge in [-0.2, -0.15) is 0 Å². The lowest BCUT2D eigenvalue weighted by Crippen LogP contribution is -2.52. The second kappa shape index (κ2) is 7.54. The van der Waals surface area contributed by atoms with Crippen LogP contribution < -0.4 is 10.1 Å². The lowest BCUT2D eigenvalue weighted by molar-refractivity contribution is -0.136. The molecule has 0 spiro atoms. The van der Waals surface area contributed by atoms with Crippen LogP contribution in [0, 0.1) is 5.92 Å². The van der Waals surface area contributed by atoms with Crippen molar-refractivity contribution >= 4 is 17.7 Å². The fourth-order valence-electron chi connectivity index (χ4n) is 4.56. The Balaban J connectivity index is 1.46. The molecule has 1 N–H and O–H groups in total. The van der Waals surface area contributed by atoms with Crippen LogP contribution in [-0.2, 0) is 16.1 Å². The number of nitrogens with zero attached hydrogens (tertiary/aromatic N) is 2. The molecular formula is C21H27N3O4. The van der Waals surface area contributed by atoms with Crippen LogP contribution in [0.4, 0.5) is 0 Å². The van der Waals surface area contributed by atoms with Crippen LogP contribution in [0.2, 0.25) is 0 Å². The van der Waals surface area contributed by atoms with Gasteiger partial charge in [0.25, 0.3) is 5.91 Å². The molecule has 3 atom stereocenters. The molecule has 3 amide bonds. The van der Waals surface area contributed by atoms with E-state index in [1.165, 1.54) is 0 Å². The van der Waals surface area contributed by atoms with Gasteiger partial charge in [0.2, 0.25) is 11.8 Å². The Hall–Kier alpha value is -2.41. The van der Waals surface area contributed by atoms with Gasteiger partial charge in [-0.1, -0.05) is 13.8 Å². The van der Waals surface area contributed by atoms with E-state index in [0.717, 1.165) is 37.4 Å². The topological polar surface area (TPSA) is 79.0 Å². The van der Waals surface area contributed by atoms with Gasteiger partial charge in [0.05, 0.1) is 0 Å². The van der Waals surface area contributed by atoms with Crippen molar-refractivity contribution in [2.75, 3.05) is 19.6 Å². The number of ether oxygens (including phenoxy) is 1. The molecule has 3 heterocycles. The number of nitrogens with one attached hydrogen (secondary N) is 1. The second-order valence-electron chi connectivity index (χ2n) is 8.15. The monoisotopic (exact) mass is 385 g/mol. The molecular weight excluding hydrogens is 358 g/mol. The van der Waals surface area contributed by atoms with E-state index < -0.39 is 6.04 Å². The maximum absolute atomic E-state index is 12.8. The Labute approximate surface area is 165 Å². The molecule has 7 nitrogen and oxygen atoms in total. The molecule has 0 saturated carbocycles. The van der Waals surface area contributed by atoms with E-state index in [0.29, 0.717) is 24.4 Å². The van der Waals surface area contributed by atoms with Gasteiger partial charge in [0, 0.05) is 31.6 Å². The van der Waals surface area contributed by atoms with Crippen molar-refractivity contribution in [3.8, 4) is 5.75 Å². The van der Waals surface area contributed by atoms with Crippen molar-refractivity contribution in [1.82, 2.24) is 15.1 Å². The highest BCUT2D eigenvalue weighted by Crippen LogP contribution is 2.31. The van der Waals surface area contributed by atoms with Crippen LogP contribution in [-0.4, -0.2) is 59.3 Å². The van der Waals surface area contributed by atoms with E-state index in [1.54, 1.807) is 11.0 Å². The summed E-state index contributed by atoms with van der Waals surface area (Å²) in [5, 5.41) is 2.33. The number of likely N-dealkylation sites (N-methyl/N-ethyl adjacent to an activating group) is 1. The number of carbonyl (C=O) groups is 3. The van der Waals surface area contributed by atoms with Gasteiger partial charge in [-0.15, -0.1) is 0 Å². The van der Waals surface area contributed by atoms with Crippen molar-refractivity contribution in [3.05, 3.63) is 29.3 Å². The number of hydrogen-bond acceptors (Lipinski definition) is 5. The van der Waals surface area contributed by atoms with Gasteiger partial charge in [-0.3, -0.25) is 24.6 Å². The van der Waals surface area contributed by atoms with Gasteiger partial charge in [-0.05, 0) is 49.1 Å². The van der Waals surface area contributed by atoms with E-state index in [4.69, 9.17) is 4.74 Å². The minimum Gasteiger partial charge on any atom is -0.489 e. The number of rotatable bonds is 4. The molecule has 2 fully saturated rings. The van der Waals surface area contributed by atoms with Crippen LogP contribution in [0.3, 0.4) is 0 Å². The molecule has 0 aliphatic carbocycles. The van der Waals surface area contributed by atoms with Crippen LogP contribution in [0.25, 0.3) is 0 Å². The van der Waals surface area contributed by atoms with Crippen LogP contribution in [0.5, 0.6) is 5.75 Å². The Kier molecular flexibility index (Phi) is 5.10. The third-order valence-corrected chi connectivity index (χ3v) is 5.94. The number of amides is 3. The number of carbonyl (C=O) groups excluding carboxylic acids is 3. The first-order chi connectivity index (χ1) is 13.4. The zero-order valence-corrected chi connectivity index (χ0v) is 16.4. The van der Waals surface area contributed by atoms with Crippen molar-refractivity contribution in [3.63, 3.8) is 0 Å². The van der Waals surface area contributed by atoms with Crippen LogP contribution in [0.1, 0.15) is 49.0 Å². The van der Waals surface area contributed by atoms with E-state index in [-0.39, 0.29) is 30.2 Å². The molecule has 4 rings (SSSR count). The maximum atomic E-state index is 12.8. The molecule has 0 aromatic heterocycles. The first-order valence-corrected chi connectivity index (χ1v) is 10.1. The van der Waals surface area contributed by atoms with E-state index in [9.17, 15) is 14.4 Å². The van der Waals surface area contributed by atoms with Crippen LogP contribution >= 0.6 is 0 Å². The zero-order chi connectivity index (χ0) is 19.8. The summed E-state index contributed by atoms with van der Waals surface area (Å²) in [4.78, 5) is 40.3. The third-order valence-electron chi connectivity index (χ3n) is 5.94. The number of hydrogen-bond donors (Lipinski definition) is 1. The maximum Gasteiger partial charge on any atom is 0.255 e. The normalized spacial score (nSPS) is 28.3. The highest BCUT2D eigenvalue weighted by molar-refractivity contribution is 6.05. The molecule has 2 saturated heterocycles. The van der Waals surface area contributed by atoms with Gasteiger partial charge in [0.15, 0.2) is 0 Å². The highest BCUT2D eigenvalue weighted by Gasteiger charge is 2.39. The van der Waals surface area contributed by atoms with Crippen molar-refractivity contribution in [1.29, 1.82) is 0 Å². The van der Waals surface area contributed by atoms with Gasteiger partial charge < -0.3 is 9.64 Å². The summed E-state index contributed by atoms with van der Waals surface area (Å²) in [5.41, 5.74) is 1.49. The summed E-state index contributed by atoms with van der Waals surface area (Å²) in [6, 6.07) is 4.98. The largest absolute Gasteiger partial charge is 0.489 e. The quantitative estimate of drug-likeness (QED) is 0.796. The third kappa shape index (κ3) is 3.63. The molecule has 1 aromatic rings. The summed E-state index contributed by atoms with van der Waals surface area (Å²) >= 11 is 0. The molecule has 150 valence electrons. The summed E-state index contributed by atoms with van der Waals surface area (Å²) in [6.07, 6.45) is 1.80. The summed E-state index contributed by atoms with van der Waals surface area (Å²) in [6.45, 7) is 7.83.